The SMILES string of the molecule is CC(=O)[O-].O=C1/C(=C/c2ccccc2C(F)(F)F)C[NH2+]C/C1=C\c1ccccc1C(F)(F)F. The van der Waals surface area contributed by atoms with Crippen molar-refractivity contribution in [2.24, 2.45) is 0 Å². The summed E-state index contributed by atoms with van der Waals surface area (Å²) in [4.78, 5) is 21.6. The van der Waals surface area contributed by atoms with E-state index in [0.717, 1.165) is 31.2 Å². The number of piperidine rings is 1. The second-order valence-electron chi connectivity index (χ2n) is 7.03. The first-order valence-corrected chi connectivity index (χ1v) is 9.58. The van der Waals surface area contributed by atoms with E-state index in [1.807, 2.05) is 0 Å². The van der Waals surface area contributed by atoms with E-state index in [-0.39, 0.29) is 35.4 Å². The van der Waals surface area contributed by atoms with E-state index in [0.29, 0.717) is 0 Å². The zero-order valence-electron chi connectivity index (χ0n) is 17.3. The summed E-state index contributed by atoms with van der Waals surface area (Å²) < 4.78 is 79.1. The van der Waals surface area contributed by atoms with Gasteiger partial charge >= 0.3 is 12.4 Å². The van der Waals surface area contributed by atoms with Crippen LogP contribution in [0.2, 0.25) is 0 Å². The maximum atomic E-state index is 13.2. The third-order valence-corrected chi connectivity index (χ3v) is 4.50. The standard InChI is InChI=1S/C21H15F6NO.C2H4O2/c22-20(23,24)17-7-3-1-5-13(17)9-15-11-28-12-16(19(15)29)10-14-6-2-4-8-18(14)21(25,26)27;1-2(3)4/h1-10,28H,11-12H2;1H3,(H,3,4)/b15-9+,16-10+;. The maximum absolute atomic E-state index is 13.2. The highest BCUT2D eigenvalue weighted by molar-refractivity contribution is 6.14. The molecule has 1 saturated heterocycles. The number of Topliss-reactive ketones (excluding diaryl/α,β-unsaturated/α-hetero) is 1. The fourth-order valence-corrected chi connectivity index (χ4v) is 3.16. The number of carbonyl (C=O) groups excluding carboxylic acids is 2. The Labute approximate surface area is 185 Å². The topological polar surface area (TPSA) is 73.8 Å². The van der Waals surface area contributed by atoms with Crippen molar-refractivity contribution >= 4 is 23.9 Å². The number of carbonyl (C=O) groups is 2. The number of hydrogen-bond donors (Lipinski definition) is 1. The molecule has 0 saturated carbocycles. The molecule has 0 amide bonds. The Kier molecular flexibility index (Phi) is 8.21. The fraction of sp³-hybridized carbons (Fsp3) is 0.217. The molecule has 176 valence electrons. The predicted molar refractivity (Wildman–Crippen MR) is 106 cm³/mol. The molecular weight excluding hydrogens is 452 g/mol. The van der Waals surface area contributed by atoms with E-state index in [2.05, 4.69) is 0 Å². The second-order valence-corrected chi connectivity index (χ2v) is 7.03. The number of ketones is 1. The third-order valence-electron chi connectivity index (χ3n) is 4.50. The predicted octanol–water partition coefficient (Wildman–Crippen LogP) is 3.09. The van der Waals surface area contributed by atoms with E-state index in [1.54, 1.807) is 5.32 Å². The first-order valence-electron chi connectivity index (χ1n) is 9.58. The quantitative estimate of drug-likeness (QED) is 0.541. The summed E-state index contributed by atoms with van der Waals surface area (Å²) in [5.41, 5.74) is -1.87. The minimum absolute atomic E-state index is 0.101. The van der Waals surface area contributed by atoms with Gasteiger partial charge < -0.3 is 15.2 Å². The van der Waals surface area contributed by atoms with Gasteiger partial charge in [0.05, 0.1) is 22.3 Å². The highest BCUT2D eigenvalue weighted by Gasteiger charge is 2.34. The highest BCUT2D eigenvalue weighted by atomic mass is 19.4. The molecule has 0 unspecified atom stereocenters. The molecule has 1 fully saturated rings. The molecule has 0 radical (unpaired) electrons. The summed E-state index contributed by atoms with van der Waals surface area (Å²) in [5.74, 6) is -1.64. The molecule has 33 heavy (non-hydrogen) atoms. The Balaban J connectivity index is 0.000000890. The van der Waals surface area contributed by atoms with Crippen molar-refractivity contribution in [3.8, 4) is 0 Å². The van der Waals surface area contributed by atoms with Crippen LogP contribution in [-0.2, 0) is 21.9 Å². The molecule has 0 spiro atoms. The molecule has 0 aromatic heterocycles. The van der Waals surface area contributed by atoms with Gasteiger partial charge in [-0.25, -0.2) is 0 Å². The van der Waals surface area contributed by atoms with Crippen LogP contribution < -0.4 is 10.4 Å². The van der Waals surface area contributed by atoms with Crippen LogP contribution in [0.3, 0.4) is 0 Å². The molecule has 0 atom stereocenters. The van der Waals surface area contributed by atoms with Crippen LogP contribution in [0.4, 0.5) is 26.3 Å². The van der Waals surface area contributed by atoms with Crippen molar-refractivity contribution < 1.29 is 46.4 Å². The van der Waals surface area contributed by atoms with Gasteiger partial charge in [-0.05, 0) is 42.3 Å². The van der Waals surface area contributed by atoms with Crippen molar-refractivity contribution in [3.63, 3.8) is 0 Å². The molecule has 2 aromatic rings. The molecule has 4 nitrogen and oxygen atoms in total. The Hall–Kier alpha value is -3.40. The van der Waals surface area contributed by atoms with Crippen LogP contribution in [0, 0.1) is 0 Å². The maximum Gasteiger partial charge on any atom is 0.416 e. The number of carboxylic acid groups (broad SMARTS) is 1. The number of carboxylic acids is 1. The average Bonchev–Trinajstić information content (AvgIpc) is 2.70. The van der Waals surface area contributed by atoms with Crippen molar-refractivity contribution in [3.05, 3.63) is 81.9 Å². The van der Waals surface area contributed by atoms with E-state index in [1.165, 1.54) is 36.4 Å². The van der Waals surface area contributed by atoms with Gasteiger partial charge in [0.2, 0.25) is 0 Å². The smallest absolute Gasteiger partial charge is 0.416 e. The third kappa shape index (κ3) is 7.31. The molecule has 0 bridgehead atoms. The lowest BCUT2D eigenvalue weighted by atomic mass is 9.93. The molecule has 3 rings (SSSR count). The number of quaternary nitrogens is 1. The second kappa shape index (κ2) is 10.5. The van der Waals surface area contributed by atoms with Gasteiger partial charge in [-0.2, -0.15) is 26.3 Å². The lowest BCUT2D eigenvalue weighted by Gasteiger charge is -2.17. The molecule has 0 aliphatic carbocycles. The average molecular weight is 471 g/mol. The zero-order chi connectivity index (χ0) is 24.8. The van der Waals surface area contributed by atoms with Gasteiger partial charge in [-0.1, -0.05) is 36.4 Å². The number of benzene rings is 2. The number of hydrogen-bond acceptors (Lipinski definition) is 3. The number of alkyl halides is 6. The zero-order valence-corrected chi connectivity index (χ0v) is 17.3. The van der Waals surface area contributed by atoms with Crippen LogP contribution in [0.15, 0.2) is 59.7 Å². The van der Waals surface area contributed by atoms with Crippen molar-refractivity contribution in [1.82, 2.24) is 0 Å². The first kappa shape index (κ1) is 25.9. The van der Waals surface area contributed by atoms with Crippen LogP contribution in [-0.4, -0.2) is 24.8 Å². The minimum atomic E-state index is -4.58. The van der Waals surface area contributed by atoms with Gasteiger partial charge in [-0.3, -0.25) is 4.79 Å². The highest BCUT2D eigenvalue weighted by Crippen LogP contribution is 2.34. The molecule has 10 heteroatoms. The summed E-state index contributed by atoms with van der Waals surface area (Å²) in [6.45, 7) is 1.26. The summed E-state index contributed by atoms with van der Waals surface area (Å²) in [6.07, 6.45) is -6.85. The fourth-order valence-electron chi connectivity index (χ4n) is 3.16. The summed E-state index contributed by atoms with van der Waals surface area (Å²) in [6, 6.07) is 9.68. The Bertz CT molecular complexity index is 1000. The number of aliphatic carboxylic acids is 1. The van der Waals surface area contributed by atoms with Crippen molar-refractivity contribution in [2.75, 3.05) is 13.1 Å². The van der Waals surface area contributed by atoms with Crippen LogP contribution in [0.5, 0.6) is 0 Å². The van der Waals surface area contributed by atoms with Crippen LogP contribution in [0.1, 0.15) is 29.2 Å². The van der Waals surface area contributed by atoms with Gasteiger partial charge in [0.1, 0.15) is 13.1 Å². The normalized spacial score (nSPS) is 17.0. The summed E-state index contributed by atoms with van der Waals surface area (Å²) in [5, 5.41) is 10.5. The largest absolute Gasteiger partial charge is 0.550 e. The van der Waals surface area contributed by atoms with Gasteiger partial charge in [0.25, 0.3) is 0 Å². The van der Waals surface area contributed by atoms with Gasteiger partial charge in [-0.15, -0.1) is 0 Å². The van der Waals surface area contributed by atoms with Crippen molar-refractivity contribution in [1.29, 1.82) is 0 Å². The molecule has 1 aliphatic heterocycles. The monoisotopic (exact) mass is 471 g/mol. The van der Waals surface area contributed by atoms with Gasteiger partial charge in [0, 0.05) is 5.97 Å². The number of rotatable bonds is 2. The summed E-state index contributed by atoms with van der Waals surface area (Å²) in [7, 11) is 0. The number of halogens is 6. The lowest BCUT2D eigenvalue weighted by Crippen LogP contribution is -2.87. The first-order chi connectivity index (χ1) is 15.3. The van der Waals surface area contributed by atoms with Crippen LogP contribution in [0.25, 0.3) is 12.2 Å². The molecule has 1 aliphatic rings. The Morgan fingerprint density at radius 3 is 1.48 bits per heavy atom. The Morgan fingerprint density at radius 2 is 1.15 bits per heavy atom. The lowest BCUT2D eigenvalue weighted by molar-refractivity contribution is -0.641. The van der Waals surface area contributed by atoms with E-state index < -0.39 is 35.2 Å². The van der Waals surface area contributed by atoms with Crippen molar-refractivity contribution in [2.45, 2.75) is 19.3 Å². The molecular formula is C23H19F6NO3. The molecule has 2 N–H and O–H groups in total. The molecule has 2 aromatic carbocycles. The van der Waals surface area contributed by atoms with E-state index >= 15 is 0 Å². The van der Waals surface area contributed by atoms with Gasteiger partial charge in [0.15, 0.2) is 5.78 Å². The number of nitrogens with two attached hydrogens (primary N) is 1. The summed E-state index contributed by atoms with van der Waals surface area (Å²) >= 11 is 0. The Morgan fingerprint density at radius 1 is 0.818 bits per heavy atom. The molecule has 1 heterocycles. The minimum Gasteiger partial charge on any atom is -0.550 e. The van der Waals surface area contributed by atoms with E-state index in [4.69, 9.17) is 9.90 Å². The van der Waals surface area contributed by atoms with E-state index in [9.17, 15) is 31.1 Å². The van der Waals surface area contributed by atoms with Crippen LogP contribution >= 0.6 is 0 Å².